The highest BCUT2D eigenvalue weighted by molar-refractivity contribution is 7.89. The van der Waals surface area contributed by atoms with Crippen LogP contribution in [0.4, 0.5) is 4.79 Å². The van der Waals surface area contributed by atoms with E-state index < -0.39 is 40.7 Å². The molecule has 5 rings (SSSR count). The van der Waals surface area contributed by atoms with E-state index in [-0.39, 0.29) is 43.0 Å². The Morgan fingerprint density at radius 2 is 1.98 bits per heavy atom. The fourth-order valence-corrected chi connectivity index (χ4v) is 6.92. The number of oxazole rings is 1. The van der Waals surface area contributed by atoms with Crippen molar-refractivity contribution < 1.29 is 36.9 Å². The average molecular weight is 603 g/mol. The van der Waals surface area contributed by atoms with Gasteiger partial charge in [0, 0.05) is 32.6 Å². The largest absolute Gasteiger partial charge is 0.442 e. The molecule has 0 aliphatic carbocycles. The van der Waals surface area contributed by atoms with Gasteiger partial charge in [-0.15, -0.1) is 0 Å². The van der Waals surface area contributed by atoms with Gasteiger partial charge in [-0.05, 0) is 30.0 Å². The molecule has 228 valence electrons. The lowest BCUT2D eigenvalue weighted by Crippen LogP contribution is -2.54. The number of aliphatic hydroxyl groups excluding tert-OH is 1. The van der Waals surface area contributed by atoms with E-state index in [9.17, 15) is 18.3 Å². The Labute approximate surface area is 245 Å². The first kappa shape index (κ1) is 30.4. The highest BCUT2D eigenvalue weighted by Gasteiger charge is 2.42. The molecule has 3 heterocycles. The van der Waals surface area contributed by atoms with Crippen LogP contribution in [0.3, 0.4) is 0 Å². The molecule has 0 saturated carbocycles. The number of hydrogen-bond acceptors (Lipinski definition) is 10. The molecule has 0 bridgehead atoms. The number of nitrogens with one attached hydrogen (secondary N) is 2. The molecule has 0 spiro atoms. The van der Waals surface area contributed by atoms with E-state index >= 15 is 0 Å². The van der Waals surface area contributed by atoms with Crippen molar-refractivity contribution in [2.45, 2.75) is 62.7 Å². The first-order valence-corrected chi connectivity index (χ1v) is 15.6. The van der Waals surface area contributed by atoms with E-state index in [1.807, 2.05) is 44.2 Å². The van der Waals surface area contributed by atoms with E-state index in [4.69, 9.17) is 18.6 Å². The minimum Gasteiger partial charge on any atom is -0.442 e. The second-order valence-electron chi connectivity index (χ2n) is 11.1. The Morgan fingerprint density at radius 3 is 2.74 bits per heavy atom. The van der Waals surface area contributed by atoms with Crippen LogP contribution in [0.2, 0.25) is 0 Å². The number of morpholine rings is 1. The normalized spacial score (nSPS) is 22.3. The number of rotatable bonds is 11. The maximum absolute atomic E-state index is 13.8. The van der Waals surface area contributed by atoms with Gasteiger partial charge in [0.25, 0.3) is 0 Å². The number of sulfonamides is 1. The molecule has 5 atom stereocenters. The van der Waals surface area contributed by atoms with E-state index in [1.165, 1.54) is 16.4 Å². The number of fused-ring (bicyclic) bond motifs is 2. The van der Waals surface area contributed by atoms with Gasteiger partial charge in [-0.25, -0.2) is 18.2 Å². The zero-order chi connectivity index (χ0) is 29.9. The molecule has 12 nitrogen and oxygen atoms in total. The lowest BCUT2D eigenvalue weighted by atomic mass is 10.0. The zero-order valence-corrected chi connectivity index (χ0v) is 24.7. The number of alkyl carbamates (subject to hydrolysis) is 1. The topological polar surface area (TPSA) is 152 Å². The van der Waals surface area contributed by atoms with Crippen LogP contribution >= 0.6 is 0 Å². The quantitative estimate of drug-likeness (QED) is 0.298. The molecule has 2 aliphatic heterocycles. The fourth-order valence-electron chi connectivity index (χ4n) is 5.28. The molecule has 3 aromatic rings. The summed E-state index contributed by atoms with van der Waals surface area (Å²) >= 11 is 0. The number of ether oxygens (including phenoxy) is 3. The van der Waals surface area contributed by atoms with E-state index in [0.29, 0.717) is 30.1 Å². The van der Waals surface area contributed by atoms with Gasteiger partial charge in [-0.1, -0.05) is 44.2 Å². The van der Waals surface area contributed by atoms with Crippen molar-refractivity contribution in [2.24, 2.45) is 5.92 Å². The van der Waals surface area contributed by atoms with Crippen LogP contribution in [-0.4, -0.2) is 92.3 Å². The molecule has 2 aliphatic rings. The Morgan fingerprint density at radius 1 is 1.19 bits per heavy atom. The van der Waals surface area contributed by atoms with Crippen molar-refractivity contribution in [2.75, 3.05) is 32.8 Å². The lowest BCUT2D eigenvalue weighted by Gasteiger charge is -2.31. The summed E-state index contributed by atoms with van der Waals surface area (Å²) < 4.78 is 51.3. The van der Waals surface area contributed by atoms with Crippen molar-refractivity contribution in [3.63, 3.8) is 0 Å². The number of amides is 1. The van der Waals surface area contributed by atoms with Crippen LogP contribution < -0.4 is 10.6 Å². The number of aliphatic hydroxyl groups is 1. The standard InChI is InChI=1S/C29H38N4O8S/c1-18(2)15-33(42(36,37)21-9-10-22-25(14-21)40-19(3)31-22)16-24(34)23(13-20-7-5-4-6-8-20)32-29(35)41-26-17-39-28-27(26)30-11-12-38-28/h4-10,14,18,23-24,26-28,30,34H,11-13,15-17H2,1-3H3,(H,32,35)/t23-,24+,26-,27-,28+/m0/s1. The predicted molar refractivity (Wildman–Crippen MR) is 153 cm³/mol. The Balaban J connectivity index is 1.34. The summed E-state index contributed by atoms with van der Waals surface area (Å²) in [4.78, 5) is 17.3. The third-order valence-corrected chi connectivity index (χ3v) is 9.10. The molecule has 2 aromatic carbocycles. The summed E-state index contributed by atoms with van der Waals surface area (Å²) in [7, 11) is -4.04. The van der Waals surface area contributed by atoms with Gasteiger partial charge in [0.15, 0.2) is 17.8 Å². The van der Waals surface area contributed by atoms with Crippen molar-refractivity contribution in [1.29, 1.82) is 0 Å². The highest BCUT2D eigenvalue weighted by atomic mass is 32.2. The Hall–Kier alpha value is -3.07. The first-order valence-electron chi connectivity index (χ1n) is 14.1. The molecule has 1 amide bonds. The minimum atomic E-state index is -4.04. The summed E-state index contributed by atoms with van der Waals surface area (Å²) in [5.41, 5.74) is 1.78. The van der Waals surface area contributed by atoms with Crippen molar-refractivity contribution in [3.05, 3.63) is 60.0 Å². The molecule has 42 heavy (non-hydrogen) atoms. The Bertz CT molecular complexity index is 1460. The number of aryl methyl sites for hydroxylation is 1. The maximum atomic E-state index is 13.8. The van der Waals surface area contributed by atoms with Gasteiger partial charge < -0.3 is 34.4 Å². The van der Waals surface area contributed by atoms with E-state index in [2.05, 4.69) is 15.6 Å². The van der Waals surface area contributed by atoms with Crippen molar-refractivity contribution >= 4 is 27.2 Å². The molecule has 3 N–H and O–H groups in total. The number of carbonyl (C=O) groups is 1. The molecule has 1 aromatic heterocycles. The molecule has 0 radical (unpaired) electrons. The fraction of sp³-hybridized carbons (Fsp3) is 0.517. The third-order valence-electron chi connectivity index (χ3n) is 7.27. The van der Waals surface area contributed by atoms with Crippen molar-refractivity contribution in [1.82, 2.24) is 19.9 Å². The third kappa shape index (κ3) is 7.10. The summed E-state index contributed by atoms with van der Waals surface area (Å²) in [6.07, 6.45) is -2.80. The molecule has 13 heteroatoms. The SMILES string of the molecule is Cc1nc2ccc(S(=O)(=O)N(CC(C)C)C[C@@H](O)[C@H](Cc3ccccc3)NC(=O)O[C@H]3CO[C@H]4OCCN[C@H]43)cc2o1. The van der Waals surface area contributed by atoms with Crippen LogP contribution in [0.25, 0.3) is 11.1 Å². The minimum absolute atomic E-state index is 0.0315. The molecular weight excluding hydrogens is 564 g/mol. The van der Waals surface area contributed by atoms with Crippen molar-refractivity contribution in [3.8, 4) is 0 Å². The predicted octanol–water partition coefficient (Wildman–Crippen LogP) is 2.19. The number of hydrogen-bond donors (Lipinski definition) is 3. The van der Waals surface area contributed by atoms with Crippen LogP contribution in [0.5, 0.6) is 0 Å². The van der Waals surface area contributed by atoms with Gasteiger partial charge in [-0.2, -0.15) is 4.31 Å². The first-order chi connectivity index (χ1) is 20.1. The second kappa shape index (κ2) is 13.1. The van der Waals surface area contributed by atoms with Gasteiger partial charge in [0.2, 0.25) is 10.0 Å². The molecule has 0 unspecified atom stereocenters. The van der Waals surface area contributed by atoms with Gasteiger partial charge in [0.1, 0.15) is 11.6 Å². The number of nitrogens with zero attached hydrogens (tertiary/aromatic N) is 2. The second-order valence-corrected chi connectivity index (χ2v) is 13.0. The summed E-state index contributed by atoms with van der Waals surface area (Å²) in [6, 6.07) is 12.7. The number of aromatic nitrogens is 1. The number of carbonyl (C=O) groups excluding carboxylic acids is 1. The summed E-state index contributed by atoms with van der Waals surface area (Å²) in [6.45, 7) is 6.69. The smallest absolute Gasteiger partial charge is 0.407 e. The van der Waals surface area contributed by atoms with Gasteiger partial charge in [0.05, 0.1) is 36.3 Å². The van der Waals surface area contributed by atoms with Gasteiger partial charge >= 0.3 is 6.09 Å². The number of benzene rings is 2. The molecule has 2 fully saturated rings. The molecular formula is C29H38N4O8S. The Kier molecular flexibility index (Phi) is 9.45. The van der Waals surface area contributed by atoms with Crippen LogP contribution in [-0.2, 0) is 30.7 Å². The van der Waals surface area contributed by atoms with Crippen LogP contribution in [0.15, 0.2) is 57.8 Å². The van der Waals surface area contributed by atoms with E-state index in [0.717, 1.165) is 5.56 Å². The highest BCUT2D eigenvalue weighted by Crippen LogP contribution is 2.25. The van der Waals surface area contributed by atoms with Crippen LogP contribution in [0.1, 0.15) is 25.3 Å². The maximum Gasteiger partial charge on any atom is 0.407 e. The lowest BCUT2D eigenvalue weighted by molar-refractivity contribution is -0.137. The monoisotopic (exact) mass is 602 g/mol. The summed E-state index contributed by atoms with van der Waals surface area (Å²) in [5.74, 6) is 0.399. The van der Waals surface area contributed by atoms with Crippen LogP contribution in [0, 0.1) is 12.8 Å². The molecule has 2 saturated heterocycles. The summed E-state index contributed by atoms with van der Waals surface area (Å²) in [5, 5.41) is 17.5. The van der Waals surface area contributed by atoms with Gasteiger partial charge in [-0.3, -0.25) is 0 Å². The van der Waals surface area contributed by atoms with E-state index in [1.54, 1.807) is 13.0 Å². The zero-order valence-electron chi connectivity index (χ0n) is 23.9. The average Bonchev–Trinajstić information content (AvgIpc) is 3.54.